The molecule has 10 heteroatoms. The summed E-state index contributed by atoms with van der Waals surface area (Å²) in [6.07, 6.45) is 4.45. The van der Waals surface area contributed by atoms with Crippen molar-refractivity contribution >= 4 is 50.7 Å². The molecule has 212 valence electrons. The van der Waals surface area contributed by atoms with E-state index in [-0.39, 0.29) is 39.1 Å². The second kappa shape index (κ2) is 13.5. The van der Waals surface area contributed by atoms with Gasteiger partial charge in [0.05, 0.1) is 10.6 Å². The summed E-state index contributed by atoms with van der Waals surface area (Å²) in [5, 5.41) is 3.53. The van der Waals surface area contributed by atoms with Gasteiger partial charge in [-0.1, -0.05) is 84.6 Å². The highest BCUT2D eigenvalue weighted by molar-refractivity contribution is 7.92. The molecule has 1 aliphatic carbocycles. The van der Waals surface area contributed by atoms with Crippen LogP contribution in [0.4, 0.5) is 5.69 Å². The average molecular weight is 603 g/mol. The van der Waals surface area contributed by atoms with Crippen molar-refractivity contribution in [2.45, 2.75) is 56.0 Å². The van der Waals surface area contributed by atoms with Crippen LogP contribution in [0, 0.1) is 0 Å². The summed E-state index contributed by atoms with van der Waals surface area (Å²) in [7, 11) is -4.18. The number of benzene rings is 3. The van der Waals surface area contributed by atoms with Crippen molar-refractivity contribution in [1.82, 2.24) is 10.2 Å². The van der Waals surface area contributed by atoms with Crippen LogP contribution in [0.3, 0.4) is 0 Å². The van der Waals surface area contributed by atoms with E-state index in [9.17, 15) is 18.0 Å². The average Bonchev–Trinajstić information content (AvgIpc) is 3.45. The van der Waals surface area contributed by atoms with Gasteiger partial charge in [0.2, 0.25) is 11.8 Å². The highest BCUT2D eigenvalue weighted by atomic mass is 35.5. The molecular formula is C30H33Cl2N3O4S. The fourth-order valence-electron chi connectivity index (χ4n) is 4.89. The molecule has 2 amide bonds. The molecule has 40 heavy (non-hydrogen) atoms. The van der Waals surface area contributed by atoms with Gasteiger partial charge in [-0.25, -0.2) is 8.42 Å². The maximum absolute atomic E-state index is 14.0. The summed E-state index contributed by atoms with van der Waals surface area (Å²) in [6.45, 7) is 1.38. The molecule has 0 aliphatic heterocycles. The molecule has 1 N–H and O–H groups in total. The number of halogens is 2. The van der Waals surface area contributed by atoms with Gasteiger partial charge in [-0.2, -0.15) is 0 Å². The Morgan fingerprint density at radius 2 is 1.50 bits per heavy atom. The minimum absolute atomic E-state index is 0.0155. The molecule has 1 saturated carbocycles. The van der Waals surface area contributed by atoms with Crippen LogP contribution in [0.1, 0.15) is 38.2 Å². The maximum Gasteiger partial charge on any atom is 0.264 e. The van der Waals surface area contributed by atoms with Crippen LogP contribution >= 0.6 is 23.2 Å². The molecule has 1 atom stereocenters. The standard InChI is InChI=1S/C30H33Cl2N3O4S/c1-22(30(37)33-26-12-8-9-13-26)34(17-16-23-10-4-2-5-11-23)29(36)21-35(27-19-24(31)18-25(32)20-27)40(38,39)28-14-6-3-7-15-28/h2-7,10-11,14-15,18-20,22,26H,8-9,12-13,16-17,21H2,1H3,(H,33,37)/t22-/m0/s1. The summed E-state index contributed by atoms with van der Waals surface area (Å²) in [6, 6.07) is 21.2. The first kappa shape index (κ1) is 29.9. The molecule has 3 aromatic rings. The Balaban J connectivity index is 1.66. The van der Waals surface area contributed by atoms with Crippen molar-refractivity contribution in [3.05, 3.63) is 94.5 Å². The molecule has 1 fully saturated rings. The van der Waals surface area contributed by atoms with Crippen molar-refractivity contribution in [1.29, 1.82) is 0 Å². The fourth-order valence-corrected chi connectivity index (χ4v) is 6.83. The minimum atomic E-state index is -4.18. The summed E-state index contributed by atoms with van der Waals surface area (Å²) in [5.41, 5.74) is 1.15. The first-order valence-corrected chi connectivity index (χ1v) is 15.5. The van der Waals surface area contributed by atoms with Crippen molar-refractivity contribution in [2.24, 2.45) is 0 Å². The van der Waals surface area contributed by atoms with Crippen molar-refractivity contribution in [3.63, 3.8) is 0 Å². The zero-order valence-electron chi connectivity index (χ0n) is 22.3. The Morgan fingerprint density at radius 3 is 2.10 bits per heavy atom. The molecule has 7 nitrogen and oxygen atoms in total. The molecule has 0 radical (unpaired) electrons. The van der Waals surface area contributed by atoms with E-state index in [1.807, 2.05) is 30.3 Å². The van der Waals surface area contributed by atoms with Crippen LogP contribution in [0.5, 0.6) is 0 Å². The van der Waals surface area contributed by atoms with Crippen LogP contribution in [-0.4, -0.2) is 50.3 Å². The van der Waals surface area contributed by atoms with Crippen molar-refractivity contribution in [2.75, 3.05) is 17.4 Å². The lowest BCUT2D eigenvalue weighted by Crippen LogP contribution is -2.53. The van der Waals surface area contributed by atoms with E-state index in [1.165, 1.54) is 35.2 Å². The normalized spacial score (nSPS) is 14.5. The quantitative estimate of drug-likeness (QED) is 0.305. The molecule has 0 bridgehead atoms. The van der Waals surface area contributed by atoms with E-state index in [0.717, 1.165) is 35.6 Å². The summed E-state index contributed by atoms with van der Waals surface area (Å²) >= 11 is 12.5. The van der Waals surface area contributed by atoms with Gasteiger partial charge in [-0.3, -0.25) is 13.9 Å². The molecule has 4 rings (SSSR count). The first-order valence-electron chi connectivity index (χ1n) is 13.3. The van der Waals surface area contributed by atoms with Crippen LogP contribution in [0.2, 0.25) is 10.0 Å². The van der Waals surface area contributed by atoms with Gasteiger partial charge in [-0.05, 0) is 62.1 Å². The molecular weight excluding hydrogens is 569 g/mol. The fraction of sp³-hybridized carbons (Fsp3) is 0.333. The predicted octanol–water partition coefficient (Wildman–Crippen LogP) is 5.71. The Kier molecular flexibility index (Phi) is 10.1. The van der Waals surface area contributed by atoms with Gasteiger partial charge in [0.15, 0.2) is 0 Å². The molecule has 0 heterocycles. The maximum atomic E-state index is 14.0. The highest BCUT2D eigenvalue weighted by Crippen LogP contribution is 2.30. The van der Waals surface area contributed by atoms with Gasteiger partial charge in [0.1, 0.15) is 12.6 Å². The molecule has 0 spiro atoms. The van der Waals surface area contributed by atoms with Gasteiger partial charge < -0.3 is 10.2 Å². The Bertz CT molecular complexity index is 1400. The van der Waals surface area contributed by atoms with Crippen LogP contribution in [-0.2, 0) is 26.0 Å². The highest BCUT2D eigenvalue weighted by Gasteiger charge is 2.33. The number of amides is 2. The third-order valence-electron chi connectivity index (χ3n) is 7.10. The summed E-state index contributed by atoms with van der Waals surface area (Å²) in [4.78, 5) is 28.7. The topological polar surface area (TPSA) is 86.8 Å². The minimum Gasteiger partial charge on any atom is -0.352 e. The molecule has 0 aromatic heterocycles. The second-order valence-corrected chi connectivity index (χ2v) is 12.7. The zero-order valence-corrected chi connectivity index (χ0v) is 24.6. The summed E-state index contributed by atoms with van der Waals surface area (Å²) < 4.78 is 28.6. The van der Waals surface area contributed by atoms with Gasteiger partial charge in [0.25, 0.3) is 10.0 Å². The van der Waals surface area contributed by atoms with Crippen molar-refractivity contribution in [3.8, 4) is 0 Å². The lowest BCUT2D eigenvalue weighted by atomic mass is 10.1. The number of carbonyl (C=O) groups is 2. The number of sulfonamides is 1. The number of hydrogen-bond donors (Lipinski definition) is 1. The number of anilines is 1. The van der Waals surface area contributed by atoms with Gasteiger partial charge >= 0.3 is 0 Å². The zero-order chi connectivity index (χ0) is 28.7. The van der Waals surface area contributed by atoms with E-state index >= 15 is 0 Å². The second-order valence-electron chi connectivity index (χ2n) is 9.94. The number of hydrogen-bond acceptors (Lipinski definition) is 4. The Morgan fingerprint density at radius 1 is 0.925 bits per heavy atom. The number of rotatable bonds is 11. The van der Waals surface area contributed by atoms with Crippen molar-refractivity contribution < 1.29 is 18.0 Å². The molecule has 1 aliphatic rings. The van der Waals surface area contributed by atoms with Crippen LogP contribution < -0.4 is 9.62 Å². The number of nitrogens with zero attached hydrogens (tertiary/aromatic N) is 2. The lowest BCUT2D eigenvalue weighted by Gasteiger charge is -2.32. The third kappa shape index (κ3) is 7.56. The third-order valence-corrected chi connectivity index (χ3v) is 9.32. The largest absolute Gasteiger partial charge is 0.352 e. The monoisotopic (exact) mass is 601 g/mol. The smallest absolute Gasteiger partial charge is 0.264 e. The van der Waals surface area contributed by atoms with E-state index in [1.54, 1.807) is 25.1 Å². The Labute approximate surface area is 246 Å². The Hall–Kier alpha value is -3.07. The van der Waals surface area contributed by atoms with Gasteiger partial charge in [0, 0.05) is 22.6 Å². The molecule has 0 unspecified atom stereocenters. The predicted molar refractivity (Wildman–Crippen MR) is 159 cm³/mol. The molecule has 0 saturated heterocycles. The summed E-state index contributed by atoms with van der Waals surface area (Å²) in [5.74, 6) is -0.766. The van der Waals surface area contributed by atoms with E-state index in [0.29, 0.717) is 6.42 Å². The lowest BCUT2D eigenvalue weighted by molar-refractivity contribution is -0.139. The van der Waals surface area contributed by atoms with Gasteiger partial charge in [-0.15, -0.1) is 0 Å². The van der Waals surface area contributed by atoms with E-state index in [2.05, 4.69) is 5.32 Å². The van der Waals surface area contributed by atoms with Crippen LogP contribution in [0.15, 0.2) is 83.8 Å². The SMILES string of the molecule is C[C@@H](C(=O)NC1CCCC1)N(CCc1ccccc1)C(=O)CN(c1cc(Cl)cc(Cl)c1)S(=O)(=O)c1ccccc1. The molecule has 3 aromatic carbocycles. The number of nitrogens with one attached hydrogen (secondary N) is 1. The number of carbonyl (C=O) groups excluding carboxylic acids is 2. The van der Waals surface area contributed by atoms with E-state index < -0.39 is 28.5 Å². The van der Waals surface area contributed by atoms with Crippen LogP contribution in [0.25, 0.3) is 0 Å². The first-order chi connectivity index (χ1) is 19.1. The van der Waals surface area contributed by atoms with E-state index in [4.69, 9.17) is 23.2 Å².